The Labute approximate surface area is 118 Å². The van der Waals surface area contributed by atoms with Gasteiger partial charge in [-0.1, -0.05) is 0 Å². The quantitative estimate of drug-likeness (QED) is 0.540. The first-order valence-corrected chi connectivity index (χ1v) is 6.76. The lowest BCUT2D eigenvalue weighted by Crippen LogP contribution is -2.43. The molecule has 0 spiro atoms. The van der Waals surface area contributed by atoms with E-state index in [2.05, 4.69) is 32.6 Å². The lowest BCUT2D eigenvalue weighted by molar-refractivity contribution is 0.0537. The van der Waals surface area contributed by atoms with Crippen LogP contribution in [0.3, 0.4) is 0 Å². The van der Waals surface area contributed by atoms with Gasteiger partial charge < -0.3 is 14.8 Å². The Balaban J connectivity index is 2.17. The number of ether oxygens (including phenoxy) is 2. The number of hydrogen-bond acceptors (Lipinski definition) is 8. The molecule has 0 aliphatic carbocycles. The first-order valence-electron chi connectivity index (χ1n) is 6.76. The van der Waals surface area contributed by atoms with E-state index in [9.17, 15) is 0 Å². The van der Waals surface area contributed by atoms with E-state index < -0.39 is 0 Å². The van der Waals surface area contributed by atoms with Crippen LogP contribution in [-0.4, -0.2) is 39.8 Å². The first kappa shape index (κ1) is 14.7. The molecule has 0 amide bonds. The molecule has 1 aliphatic heterocycles. The van der Waals surface area contributed by atoms with Crippen LogP contribution in [0.15, 0.2) is 0 Å². The fourth-order valence-electron chi connectivity index (χ4n) is 2.04. The molecule has 8 nitrogen and oxygen atoms in total. The Hall–Kier alpha value is -1.67. The fourth-order valence-corrected chi connectivity index (χ4v) is 2.04. The highest BCUT2D eigenvalue weighted by Crippen LogP contribution is 2.23. The van der Waals surface area contributed by atoms with Gasteiger partial charge in [-0.25, -0.2) is 5.84 Å². The Morgan fingerprint density at radius 2 is 2.05 bits per heavy atom. The summed E-state index contributed by atoms with van der Waals surface area (Å²) in [6.07, 6.45) is 1.97. The van der Waals surface area contributed by atoms with E-state index in [0.29, 0.717) is 12.6 Å². The summed E-state index contributed by atoms with van der Waals surface area (Å²) in [5.74, 6) is 6.06. The second-order valence-corrected chi connectivity index (χ2v) is 5.42. The van der Waals surface area contributed by atoms with E-state index in [-0.39, 0.29) is 23.6 Å². The molecular formula is C12H22N6O2. The molecular weight excluding hydrogens is 260 g/mol. The van der Waals surface area contributed by atoms with Gasteiger partial charge in [-0.05, 0) is 33.6 Å². The zero-order valence-corrected chi connectivity index (χ0v) is 12.1. The van der Waals surface area contributed by atoms with E-state index >= 15 is 0 Å². The smallest absolute Gasteiger partial charge is 0.323 e. The molecule has 2 rings (SSSR count). The minimum absolute atomic E-state index is 0.0236. The van der Waals surface area contributed by atoms with Crippen LogP contribution in [0.25, 0.3) is 0 Å². The van der Waals surface area contributed by atoms with Crippen LogP contribution >= 0.6 is 0 Å². The topological polar surface area (TPSA) is 107 Å². The van der Waals surface area contributed by atoms with Crippen molar-refractivity contribution < 1.29 is 9.47 Å². The molecule has 1 aromatic heterocycles. The molecule has 0 radical (unpaired) electrons. The van der Waals surface area contributed by atoms with Crippen molar-refractivity contribution in [3.63, 3.8) is 0 Å². The van der Waals surface area contributed by atoms with Gasteiger partial charge in [0.1, 0.15) is 0 Å². The molecule has 8 heteroatoms. The Bertz CT molecular complexity index is 448. The molecule has 1 aromatic rings. The van der Waals surface area contributed by atoms with Crippen LogP contribution in [0.2, 0.25) is 0 Å². The molecule has 1 fully saturated rings. The van der Waals surface area contributed by atoms with Crippen LogP contribution < -0.4 is 21.3 Å². The molecule has 20 heavy (non-hydrogen) atoms. The average Bonchev–Trinajstić information content (AvgIpc) is 2.37. The molecule has 0 saturated carbocycles. The van der Waals surface area contributed by atoms with Crippen molar-refractivity contribution in [1.82, 2.24) is 15.0 Å². The second-order valence-electron chi connectivity index (χ2n) is 5.42. The standard InChI is InChI=1S/C12H22N6O2/c1-8(2)20-11-15-9(14-10(16-11)18-13)17-12(3)5-4-6-19-7-12/h8H,4-7,13H2,1-3H3,(H2,14,15,16,17,18). The van der Waals surface area contributed by atoms with Crippen LogP contribution in [-0.2, 0) is 4.74 Å². The molecule has 4 N–H and O–H groups in total. The highest BCUT2D eigenvalue weighted by Gasteiger charge is 2.28. The van der Waals surface area contributed by atoms with Crippen LogP contribution in [0, 0.1) is 0 Å². The highest BCUT2D eigenvalue weighted by atomic mass is 16.5. The maximum absolute atomic E-state index is 5.50. The predicted molar refractivity (Wildman–Crippen MR) is 75.5 cm³/mol. The number of nitrogens with two attached hydrogens (primary N) is 1. The molecule has 1 unspecified atom stereocenters. The Morgan fingerprint density at radius 3 is 2.65 bits per heavy atom. The predicted octanol–water partition coefficient (Wildman–Crippen LogP) is 0.925. The number of hydrogen-bond donors (Lipinski definition) is 3. The van der Waals surface area contributed by atoms with E-state index in [1.165, 1.54) is 0 Å². The van der Waals surface area contributed by atoms with Gasteiger partial charge in [-0.15, -0.1) is 0 Å². The van der Waals surface area contributed by atoms with E-state index in [4.69, 9.17) is 15.3 Å². The minimum Gasteiger partial charge on any atom is -0.461 e. The van der Waals surface area contributed by atoms with Gasteiger partial charge in [0, 0.05) is 6.61 Å². The zero-order valence-electron chi connectivity index (χ0n) is 12.1. The van der Waals surface area contributed by atoms with Crippen LogP contribution in [0.1, 0.15) is 33.6 Å². The van der Waals surface area contributed by atoms with Crippen molar-refractivity contribution >= 4 is 11.9 Å². The van der Waals surface area contributed by atoms with Crippen molar-refractivity contribution in [3.8, 4) is 6.01 Å². The number of nitrogen functional groups attached to an aromatic ring is 1. The summed E-state index contributed by atoms with van der Waals surface area (Å²) in [7, 11) is 0. The number of anilines is 2. The van der Waals surface area contributed by atoms with Crippen LogP contribution in [0.4, 0.5) is 11.9 Å². The largest absolute Gasteiger partial charge is 0.461 e. The highest BCUT2D eigenvalue weighted by molar-refractivity contribution is 5.37. The summed E-state index contributed by atoms with van der Waals surface area (Å²) < 4.78 is 11.0. The van der Waals surface area contributed by atoms with E-state index in [1.807, 2.05) is 13.8 Å². The molecule has 1 atom stereocenters. The summed E-state index contributed by atoms with van der Waals surface area (Å²) in [5, 5.41) is 3.28. The molecule has 0 aromatic carbocycles. The second kappa shape index (κ2) is 6.19. The number of aromatic nitrogens is 3. The van der Waals surface area contributed by atoms with Crippen molar-refractivity contribution in [2.24, 2.45) is 5.84 Å². The normalized spacial score (nSPS) is 22.6. The number of rotatable bonds is 5. The third kappa shape index (κ3) is 3.91. The molecule has 1 saturated heterocycles. The third-order valence-electron chi connectivity index (χ3n) is 2.94. The molecule has 112 valence electrons. The van der Waals surface area contributed by atoms with Crippen LogP contribution in [0.5, 0.6) is 6.01 Å². The Kier molecular flexibility index (Phi) is 4.56. The van der Waals surface area contributed by atoms with Gasteiger partial charge in [0.05, 0.1) is 18.2 Å². The maximum Gasteiger partial charge on any atom is 0.323 e. The van der Waals surface area contributed by atoms with Crippen molar-refractivity contribution in [1.29, 1.82) is 0 Å². The summed E-state index contributed by atoms with van der Waals surface area (Å²) in [6, 6.07) is 0.241. The monoisotopic (exact) mass is 282 g/mol. The minimum atomic E-state index is -0.194. The van der Waals surface area contributed by atoms with Gasteiger partial charge in [-0.3, -0.25) is 5.43 Å². The fraction of sp³-hybridized carbons (Fsp3) is 0.750. The molecule has 1 aliphatic rings. The number of nitrogens with one attached hydrogen (secondary N) is 2. The summed E-state index contributed by atoms with van der Waals surface area (Å²) in [6.45, 7) is 7.30. The molecule has 0 bridgehead atoms. The number of nitrogens with zero attached hydrogens (tertiary/aromatic N) is 3. The average molecular weight is 282 g/mol. The van der Waals surface area contributed by atoms with Gasteiger partial charge in [-0.2, -0.15) is 15.0 Å². The van der Waals surface area contributed by atoms with Gasteiger partial charge in [0.25, 0.3) is 0 Å². The first-order chi connectivity index (χ1) is 9.50. The van der Waals surface area contributed by atoms with Crippen molar-refractivity contribution in [2.75, 3.05) is 24.0 Å². The van der Waals surface area contributed by atoms with Gasteiger partial charge >= 0.3 is 6.01 Å². The lowest BCUT2D eigenvalue weighted by Gasteiger charge is -2.34. The summed E-state index contributed by atoms with van der Waals surface area (Å²) >= 11 is 0. The summed E-state index contributed by atoms with van der Waals surface area (Å²) in [5.41, 5.74) is 2.22. The zero-order chi connectivity index (χ0) is 14.6. The van der Waals surface area contributed by atoms with Gasteiger partial charge in [0.2, 0.25) is 11.9 Å². The van der Waals surface area contributed by atoms with E-state index in [1.54, 1.807) is 0 Å². The van der Waals surface area contributed by atoms with E-state index in [0.717, 1.165) is 19.4 Å². The Morgan fingerprint density at radius 1 is 1.30 bits per heavy atom. The number of hydrazine groups is 1. The molecule has 2 heterocycles. The van der Waals surface area contributed by atoms with Crippen molar-refractivity contribution in [3.05, 3.63) is 0 Å². The third-order valence-corrected chi connectivity index (χ3v) is 2.94. The maximum atomic E-state index is 5.50. The SMILES string of the molecule is CC(C)Oc1nc(NN)nc(NC2(C)CCCOC2)n1. The summed E-state index contributed by atoms with van der Waals surface area (Å²) in [4.78, 5) is 12.5. The van der Waals surface area contributed by atoms with Crippen molar-refractivity contribution in [2.45, 2.75) is 45.3 Å². The van der Waals surface area contributed by atoms with Gasteiger partial charge in [0.15, 0.2) is 0 Å². The lowest BCUT2D eigenvalue weighted by atomic mass is 9.95.